The number of nitrogens with one attached hydrogen (secondary N) is 1. The first-order valence-corrected chi connectivity index (χ1v) is 14.9. The lowest BCUT2D eigenvalue weighted by Gasteiger charge is -2.28. The second kappa shape index (κ2) is 19.5. The van der Waals surface area contributed by atoms with Gasteiger partial charge in [0.05, 0.1) is 20.3 Å². The minimum absolute atomic E-state index is 0.362. The molecular formula is C26H43NO9Si. The zero-order valence-corrected chi connectivity index (χ0v) is 23.6. The molecule has 10 nitrogen and oxygen atoms in total. The Hall–Kier alpha value is -2.60. The van der Waals surface area contributed by atoms with Gasteiger partial charge in [-0.05, 0) is 76.6 Å². The fourth-order valence-electron chi connectivity index (χ4n) is 3.53. The smallest absolute Gasteiger partial charge is 0.493 e. The number of rotatable bonds is 21. The molecule has 0 aliphatic heterocycles. The molecular weight excluding hydrogens is 498 g/mol. The molecule has 1 rings (SSSR count). The van der Waals surface area contributed by atoms with E-state index in [0.29, 0.717) is 69.1 Å². The number of carboxylic acids is 1. The number of alkyl carbamates (subject to hydrolysis) is 1. The van der Waals surface area contributed by atoms with E-state index in [9.17, 15) is 9.59 Å². The Balaban J connectivity index is 2.18. The number of benzene rings is 1. The van der Waals surface area contributed by atoms with E-state index in [1.165, 1.54) is 6.08 Å². The summed E-state index contributed by atoms with van der Waals surface area (Å²) < 4.78 is 33.8. The van der Waals surface area contributed by atoms with Gasteiger partial charge >= 0.3 is 20.9 Å². The molecule has 0 atom stereocenters. The Morgan fingerprint density at radius 3 is 2.16 bits per heavy atom. The minimum Gasteiger partial charge on any atom is -0.493 e. The Morgan fingerprint density at radius 2 is 1.57 bits per heavy atom. The van der Waals surface area contributed by atoms with Crippen LogP contribution in [0.15, 0.2) is 24.3 Å². The van der Waals surface area contributed by atoms with Gasteiger partial charge in [0.2, 0.25) is 0 Å². The highest BCUT2D eigenvalue weighted by molar-refractivity contribution is 6.60. The molecule has 0 spiro atoms. The molecule has 0 bridgehead atoms. The Labute approximate surface area is 221 Å². The van der Waals surface area contributed by atoms with Crippen molar-refractivity contribution in [2.45, 2.75) is 58.9 Å². The average molecular weight is 542 g/mol. The van der Waals surface area contributed by atoms with Gasteiger partial charge in [0.1, 0.15) is 0 Å². The van der Waals surface area contributed by atoms with Crippen LogP contribution in [0.4, 0.5) is 4.79 Å². The molecule has 0 aliphatic rings. The summed E-state index contributed by atoms with van der Waals surface area (Å²) in [5, 5.41) is 11.5. The third kappa shape index (κ3) is 14.1. The third-order valence-corrected chi connectivity index (χ3v) is 8.31. The summed E-state index contributed by atoms with van der Waals surface area (Å²) >= 11 is 0. The number of carbonyl (C=O) groups is 2. The molecule has 0 saturated heterocycles. The van der Waals surface area contributed by atoms with E-state index in [1.807, 2.05) is 20.8 Å². The Kier molecular flexibility index (Phi) is 17.1. The highest BCUT2D eigenvalue weighted by Gasteiger charge is 2.39. The number of amides is 1. The summed E-state index contributed by atoms with van der Waals surface area (Å²) in [4.78, 5) is 22.6. The number of unbranched alkanes of at least 4 members (excludes halogenated alkanes) is 3. The molecule has 0 aliphatic carbocycles. The van der Waals surface area contributed by atoms with Crippen LogP contribution in [-0.2, 0) is 22.8 Å². The van der Waals surface area contributed by atoms with Gasteiger partial charge in [-0.1, -0.05) is 6.07 Å². The van der Waals surface area contributed by atoms with Gasteiger partial charge < -0.3 is 37.9 Å². The molecule has 11 heteroatoms. The topological polar surface area (TPSA) is 122 Å². The lowest BCUT2D eigenvalue weighted by atomic mass is 10.2. The molecule has 1 aromatic carbocycles. The predicted octanol–water partition coefficient (Wildman–Crippen LogP) is 4.90. The molecule has 0 heterocycles. The minimum atomic E-state index is -2.68. The maximum Gasteiger partial charge on any atom is 0.500 e. The van der Waals surface area contributed by atoms with Gasteiger partial charge in [0.15, 0.2) is 11.5 Å². The monoisotopic (exact) mass is 541 g/mol. The van der Waals surface area contributed by atoms with Crippen molar-refractivity contribution in [3.05, 3.63) is 29.8 Å². The van der Waals surface area contributed by atoms with Crippen LogP contribution >= 0.6 is 0 Å². The van der Waals surface area contributed by atoms with E-state index >= 15 is 0 Å². The fourth-order valence-corrected chi connectivity index (χ4v) is 6.14. The summed E-state index contributed by atoms with van der Waals surface area (Å²) in [5.41, 5.74) is 0.715. The Morgan fingerprint density at radius 1 is 0.919 bits per heavy atom. The summed E-state index contributed by atoms with van der Waals surface area (Å²) in [6.45, 7) is 8.71. The molecule has 210 valence electrons. The van der Waals surface area contributed by atoms with E-state index in [-0.39, 0.29) is 0 Å². The van der Waals surface area contributed by atoms with Gasteiger partial charge in [0.25, 0.3) is 0 Å². The van der Waals surface area contributed by atoms with Crippen molar-refractivity contribution in [1.82, 2.24) is 5.32 Å². The standard InChI is InChI=1S/C26H43NO9Si/c1-5-34-37(35-6-2,36-7-3)20-12-17-27-26(30)33-19-11-9-8-10-18-32-23-15-13-22(14-16-25(28)29)21-24(23)31-4/h13-16,21H,5-12,17-20H2,1-4H3,(H,27,30)(H,28,29). The third-order valence-electron chi connectivity index (χ3n) is 5.16. The molecule has 0 fully saturated rings. The Bertz CT molecular complexity index is 802. The van der Waals surface area contributed by atoms with Gasteiger partial charge in [-0.2, -0.15) is 0 Å². The maximum absolute atomic E-state index is 11.9. The van der Waals surface area contributed by atoms with Crippen LogP contribution in [0.2, 0.25) is 6.04 Å². The highest BCUT2D eigenvalue weighted by atomic mass is 28.4. The van der Waals surface area contributed by atoms with E-state index in [0.717, 1.165) is 31.8 Å². The first-order valence-electron chi connectivity index (χ1n) is 12.9. The van der Waals surface area contributed by atoms with Gasteiger partial charge in [-0.3, -0.25) is 0 Å². The van der Waals surface area contributed by atoms with Crippen molar-refractivity contribution in [3.63, 3.8) is 0 Å². The van der Waals surface area contributed by atoms with E-state index < -0.39 is 20.9 Å². The predicted molar refractivity (Wildman–Crippen MR) is 143 cm³/mol. The van der Waals surface area contributed by atoms with Crippen LogP contribution in [0, 0.1) is 0 Å². The van der Waals surface area contributed by atoms with Gasteiger partial charge in [-0.15, -0.1) is 0 Å². The molecule has 1 amide bonds. The van der Waals surface area contributed by atoms with Crippen LogP contribution in [0.5, 0.6) is 11.5 Å². The van der Waals surface area contributed by atoms with Crippen LogP contribution in [0.1, 0.15) is 58.4 Å². The van der Waals surface area contributed by atoms with Crippen molar-refractivity contribution >= 4 is 26.9 Å². The quantitative estimate of drug-likeness (QED) is 0.127. The van der Waals surface area contributed by atoms with Crippen molar-refractivity contribution < 1.29 is 42.2 Å². The van der Waals surface area contributed by atoms with Crippen molar-refractivity contribution in [3.8, 4) is 11.5 Å². The first-order chi connectivity index (χ1) is 17.9. The zero-order valence-electron chi connectivity index (χ0n) is 22.6. The average Bonchev–Trinajstić information content (AvgIpc) is 2.87. The largest absolute Gasteiger partial charge is 0.500 e. The number of ether oxygens (including phenoxy) is 3. The zero-order chi connectivity index (χ0) is 27.4. The van der Waals surface area contributed by atoms with Crippen molar-refractivity contribution in [1.29, 1.82) is 0 Å². The molecule has 1 aromatic rings. The summed E-state index contributed by atoms with van der Waals surface area (Å²) in [5.74, 6) is 0.152. The number of carbonyl (C=O) groups excluding carboxylic acids is 1. The summed E-state index contributed by atoms with van der Waals surface area (Å²) in [6.07, 6.45) is 6.31. The maximum atomic E-state index is 11.9. The lowest BCUT2D eigenvalue weighted by molar-refractivity contribution is -0.131. The molecule has 0 aromatic heterocycles. The number of hydrogen-bond donors (Lipinski definition) is 2. The molecule has 2 N–H and O–H groups in total. The lowest BCUT2D eigenvalue weighted by Crippen LogP contribution is -2.46. The molecule has 37 heavy (non-hydrogen) atoms. The van der Waals surface area contributed by atoms with Crippen LogP contribution < -0.4 is 14.8 Å². The number of methoxy groups -OCH3 is 1. The summed E-state index contributed by atoms with van der Waals surface area (Å²) in [7, 11) is -1.14. The normalized spacial score (nSPS) is 11.5. The fraction of sp³-hybridized carbons (Fsp3) is 0.615. The molecule has 0 unspecified atom stereocenters. The second-order valence-corrected chi connectivity index (χ2v) is 10.7. The number of hydrogen-bond acceptors (Lipinski definition) is 8. The van der Waals surface area contributed by atoms with E-state index in [4.69, 9.17) is 32.6 Å². The van der Waals surface area contributed by atoms with Gasteiger partial charge in [-0.25, -0.2) is 9.59 Å². The first kappa shape index (κ1) is 32.4. The van der Waals surface area contributed by atoms with E-state index in [2.05, 4.69) is 5.32 Å². The van der Waals surface area contributed by atoms with Gasteiger partial charge in [0, 0.05) is 38.5 Å². The second-order valence-electron chi connectivity index (χ2n) is 7.99. The van der Waals surface area contributed by atoms with Crippen LogP contribution in [0.25, 0.3) is 6.08 Å². The number of carboxylic acid groups (broad SMARTS) is 1. The van der Waals surface area contributed by atoms with E-state index in [1.54, 1.807) is 25.3 Å². The highest BCUT2D eigenvalue weighted by Crippen LogP contribution is 2.28. The van der Waals surface area contributed by atoms with Crippen LogP contribution in [-0.4, -0.2) is 72.7 Å². The molecule has 0 saturated carbocycles. The summed E-state index contributed by atoms with van der Waals surface area (Å²) in [6, 6.07) is 5.91. The van der Waals surface area contributed by atoms with Crippen LogP contribution in [0.3, 0.4) is 0 Å². The van der Waals surface area contributed by atoms with Crippen molar-refractivity contribution in [2.24, 2.45) is 0 Å². The van der Waals surface area contributed by atoms with Crippen molar-refractivity contribution in [2.75, 3.05) is 46.7 Å². The number of aliphatic carboxylic acids is 1. The molecule has 0 radical (unpaired) electrons. The SMILES string of the molecule is CCO[Si](CCCNC(=O)OCCCCCCOc1ccc(C=CC(=O)O)cc1OC)(OCC)OCC.